The third kappa shape index (κ3) is 3.91. The van der Waals surface area contributed by atoms with Gasteiger partial charge in [-0.3, -0.25) is 19.8 Å². The van der Waals surface area contributed by atoms with Gasteiger partial charge in [0.1, 0.15) is 0 Å². The monoisotopic (exact) mass is 455 g/mol. The molecule has 2 N–H and O–H groups in total. The Balaban J connectivity index is 1.29. The zero-order valence-corrected chi connectivity index (χ0v) is 19.0. The molecule has 8 heteroatoms. The normalized spacial score (nSPS) is 32.6. The summed E-state index contributed by atoms with van der Waals surface area (Å²) in [5, 5.41) is 3.96. The number of benzene rings is 1. The minimum absolute atomic E-state index is 0.0381. The molecule has 1 heterocycles. The third-order valence-corrected chi connectivity index (χ3v) is 8.36. The zero-order chi connectivity index (χ0) is 21.8. The van der Waals surface area contributed by atoms with Crippen LogP contribution in [0.4, 0.5) is 5.69 Å². The average Bonchev–Trinajstić information content (AvgIpc) is 2.95. The van der Waals surface area contributed by atoms with E-state index in [0.29, 0.717) is 32.7 Å². The van der Waals surface area contributed by atoms with E-state index in [2.05, 4.69) is 10.7 Å². The predicted molar refractivity (Wildman–Crippen MR) is 125 cm³/mol. The van der Waals surface area contributed by atoms with E-state index in [0.717, 1.165) is 24.8 Å². The summed E-state index contributed by atoms with van der Waals surface area (Å²) < 4.78 is 0.351. The molecule has 0 spiro atoms. The molecule has 0 unspecified atom stereocenters. The SMILES string of the molecule is CC(=O)Nc1ccc(/C=C2\SC(=S)N(NC(=O)C34CC5CC(CC(C5)C3)C4)C2=O)cc1. The summed E-state index contributed by atoms with van der Waals surface area (Å²) in [4.78, 5) is 37.9. The van der Waals surface area contributed by atoms with Gasteiger partial charge < -0.3 is 5.32 Å². The van der Waals surface area contributed by atoms with Gasteiger partial charge in [-0.1, -0.05) is 23.9 Å². The third-order valence-electron chi connectivity index (χ3n) is 7.06. The number of anilines is 1. The highest BCUT2D eigenvalue weighted by atomic mass is 32.2. The van der Waals surface area contributed by atoms with Gasteiger partial charge in [0.25, 0.3) is 5.91 Å². The summed E-state index contributed by atoms with van der Waals surface area (Å²) in [7, 11) is 0. The fourth-order valence-electron chi connectivity index (χ4n) is 6.19. The Kier molecular flexibility index (Phi) is 5.17. The second-order valence-corrected chi connectivity index (χ2v) is 11.1. The second kappa shape index (κ2) is 7.74. The topological polar surface area (TPSA) is 78.5 Å². The number of carbonyl (C=O) groups excluding carboxylic acids is 3. The molecule has 1 aromatic carbocycles. The van der Waals surface area contributed by atoms with Gasteiger partial charge >= 0.3 is 0 Å². The first-order valence-electron chi connectivity index (χ1n) is 10.8. The van der Waals surface area contributed by atoms with E-state index in [-0.39, 0.29) is 23.1 Å². The maximum Gasteiger partial charge on any atom is 0.285 e. The summed E-state index contributed by atoms with van der Waals surface area (Å²) in [6, 6.07) is 7.21. The van der Waals surface area contributed by atoms with Crippen molar-refractivity contribution in [1.29, 1.82) is 0 Å². The van der Waals surface area contributed by atoms with Gasteiger partial charge in [0.05, 0.1) is 10.3 Å². The van der Waals surface area contributed by atoms with Crippen LogP contribution in [-0.4, -0.2) is 27.1 Å². The molecule has 4 aliphatic carbocycles. The number of amides is 3. The van der Waals surface area contributed by atoms with Crippen molar-refractivity contribution < 1.29 is 14.4 Å². The van der Waals surface area contributed by atoms with Gasteiger partial charge in [0.15, 0.2) is 4.32 Å². The van der Waals surface area contributed by atoms with Crippen LogP contribution in [-0.2, 0) is 14.4 Å². The Labute approximate surface area is 191 Å². The van der Waals surface area contributed by atoms with Crippen LogP contribution in [0.3, 0.4) is 0 Å². The Bertz CT molecular complexity index is 967. The number of thioether (sulfide) groups is 1. The van der Waals surface area contributed by atoms with Gasteiger partial charge in [0.2, 0.25) is 11.8 Å². The lowest BCUT2D eigenvalue weighted by Crippen LogP contribution is -2.57. The molecule has 162 valence electrons. The number of hydrogen-bond acceptors (Lipinski definition) is 5. The minimum atomic E-state index is -0.332. The Morgan fingerprint density at radius 2 is 1.68 bits per heavy atom. The van der Waals surface area contributed by atoms with Gasteiger partial charge in [-0.25, -0.2) is 0 Å². The molecule has 1 saturated heterocycles. The molecule has 0 aromatic heterocycles. The molecule has 1 aromatic rings. The van der Waals surface area contributed by atoms with Gasteiger partial charge in [-0.15, -0.1) is 0 Å². The predicted octanol–water partition coefficient (Wildman–Crippen LogP) is 4.09. The molecule has 1 aliphatic heterocycles. The van der Waals surface area contributed by atoms with Crippen molar-refractivity contribution in [2.24, 2.45) is 23.2 Å². The lowest BCUT2D eigenvalue weighted by atomic mass is 9.49. The van der Waals surface area contributed by atoms with Crippen LogP contribution in [0.1, 0.15) is 51.0 Å². The Hall–Kier alpha value is -2.19. The molecule has 3 amide bonds. The van der Waals surface area contributed by atoms with Crippen molar-refractivity contribution in [1.82, 2.24) is 10.4 Å². The first kappa shape index (κ1) is 20.7. The van der Waals surface area contributed by atoms with E-state index >= 15 is 0 Å². The van der Waals surface area contributed by atoms with Gasteiger partial charge in [0, 0.05) is 12.6 Å². The van der Waals surface area contributed by atoms with E-state index in [1.54, 1.807) is 18.2 Å². The van der Waals surface area contributed by atoms with Crippen molar-refractivity contribution in [3.8, 4) is 0 Å². The average molecular weight is 456 g/mol. The molecule has 4 saturated carbocycles. The second-order valence-electron chi connectivity index (χ2n) is 9.46. The van der Waals surface area contributed by atoms with Crippen molar-refractivity contribution in [3.05, 3.63) is 34.7 Å². The lowest BCUT2D eigenvalue weighted by Gasteiger charge is -2.55. The number of rotatable bonds is 4. The Morgan fingerprint density at radius 1 is 1.10 bits per heavy atom. The van der Waals surface area contributed by atoms with Crippen LogP contribution in [0, 0.1) is 23.2 Å². The zero-order valence-electron chi connectivity index (χ0n) is 17.3. The van der Waals surface area contributed by atoms with E-state index < -0.39 is 0 Å². The van der Waals surface area contributed by atoms with Crippen LogP contribution < -0.4 is 10.7 Å². The standard InChI is InChI=1S/C23H25N3O3S2/c1-13(27)24-18-4-2-14(3-5-18)9-19-20(28)26(22(30)31-19)25-21(29)23-10-15-6-16(11-23)8-17(7-15)12-23/h2-5,9,15-17H,6-8,10-12H2,1H3,(H,24,27)(H,25,29)/b19-9-. The molecule has 5 fully saturated rings. The van der Waals surface area contributed by atoms with Crippen LogP contribution in [0.15, 0.2) is 29.2 Å². The fraction of sp³-hybridized carbons (Fsp3) is 0.478. The van der Waals surface area contributed by atoms with Crippen molar-refractivity contribution >= 4 is 57.8 Å². The first-order valence-corrected chi connectivity index (χ1v) is 12.0. The highest BCUT2D eigenvalue weighted by Gasteiger charge is 2.55. The maximum atomic E-state index is 13.3. The number of hydrogen-bond donors (Lipinski definition) is 2. The minimum Gasteiger partial charge on any atom is -0.326 e. The van der Waals surface area contributed by atoms with Crippen LogP contribution in [0.25, 0.3) is 6.08 Å². The van der Waals surface area contributed by atoms with Gasteiger partial charge in [-0.2, -0.15) is 5.01 Å². The molecular formula is C23H25N3O3S2. The number of nitrogens with one attached hydrogen (secondary N) is 2. The van der Waals surface area contributed by atoms with Crippen molar-refractivity contribution in [3.63, 3.8) is 0 Å². The summed E-state index contributed by atoms with van der Waals surface area (Å²) >= 11 is 6.60. The smallest absolute Gasteiger partial charge is 0.285 e. The summed E-state index contributed by atoms with van der Waals surface area (Å²) in [6.07, 6.45) is 8.36. The van der Waals surface area contributed by atoms with Crippen molar-refractivity contribution in [2.75, 3.05) is 5.32 Å². The van der Waals surface area contributed by atoms with Crippen LogP contribution >= 0.6 is 24.0 Å². The number of nitrogens with zero attached hydrogens (tertiary/aromatic N) is 1. The molecule has 6 nitrogen and oxygen atoms in total. The Morgan fingerprint density at radius 3 is 2.23 bits per heavy atom. The quantitative estimate of drug-likeness (QED) is 0.528. The van der Waals surface area contributed by atoms with Crippen LogP contribution in [0.2, 0.25) is 0 Å². The highest BCUT2D eigenvalue weighted by Crippen LogP contribution is 2.60. The van der Waals surface area contributed by atoms with E-state index in [1.807, 2.05) is 12.1 Å². The van der Waals surface area contributed by atoms with E-state index in [9.17, 15) is 14.4 Å². The summed E-state index contributed by atoms with van der Waals surface area (Å²) in [5.74, 6) is 1.50. The maximum absolute atomic E-state index is 13.3. The van der Waals surface area contributed by atoms with E-state index in [4.69, 9.17) is 12.2 Å². The highest BCUT2D eigenvalue weighted by molar-refractivity contribution is 8.26. The largest absolute Gasteiger partial charge is 0.326 e. The molecular weight excluding hydrogens is 430 g/mol. The molecule has 6 rings (SSSR count). The van der Waals surface area contributed by atoms with Crippen molar-refractivity contribution in [2.45, 2.75) is 45.4 Å². The van der Waals surface area contributed by atoms with E-state index in [1.165, 1.54) is 43.0 Å². The number of carbonyl (C=O) groups is 3. The molecule has 31 heavy (non-hydrogen) atoms. The number of hydrazine groups is 1. The van der Waals surface area contributed by atoms with Gasteiger partial charge in [-0.05, 0) is 92.3 Å². The first-order chi connectivity index (χ1) is 14.8. The summed E-state index contributed by atoms with van der Waals surface area (Å²) in [6.45, 7) is 1.46. The molecule has 0 atom stereocenters. The lowest BCUT2D eigenvalue weighted by molar-refractivity contribution is -0.152. The fourth-order valence-corrected chi connectivity index (χ4v) is 7.37. The molecule has 0 radical (unpaired) electrons. The molecule has 4 bridgehead atoms. The van der Waals surface area contributed by atoms with Crippen LogP contribution in [0.5, 0.6) is 0 Å². The summed E-state index contributed by atoms with van der Waals surface area (Å²) in [5.41, 5.74) is 4.06. The number of thiocarbonyl (C=S) groups is 1. The molecule has 5 aliphatic rings.